The van der Waals surface area contributed by atoms with E-state index in [0.29, 0.717) is 19.3 Å². The van der Waals surface area contributed by atoms with Gasteiger partial charge in [0.05, 0.1) is 0 Å². The standard InChI is InChI=1S/C59H94O6/c1-4-7-10-13-16-18-20-22-24-26-28-29-31-32-34-36-38-40-43-46-49-52-58(61)64-55-56(54-63-57(60)51-48-45-42-15-12-9-6-3)65-59(62)53-50-47-44-41-39-37-35-33-30-27-25-23-21-19-17-14-11-8-5-2/h7-8,10-11,16-19,22-25,28-30,33,37,39,44,47,56H,4-6,9,12-15,20-21,26-27,31-32,34-36,38,40-43,45-46,48-55H2,1-3H3/b10-7-,11-8-,18-16-,19-17-,24-22-,25-23-,29-28-,33-30-,39-37-,47-44-. The molecule has 0 amide bonds. The van der Waals surface area contributed by atoms with Crippen LogP contribution in [0.2, 0.25) is 0 Å². The van der Waals surface area contributed by atoms with Gasteiger partial charge in [0, 0.05) is 19.3 Å². The number of ether oxygens (including phenoxy) is 3. The van der Waals surface area contributed by atoms with Gasteiger partial charge in [0.25, 0.3) is 0 Å². The van der Waals surface area contributed by atoms with Crippen molar-refractivity contribution in [1.82, 2.24) is 0 Å². The van der Waals surface area contributed by atoms with E-state index in [4.69, 9.17) is 14.2 Å². The number of hydrogen-bond acceptors (Lipinski definition) is 6. The molecule has 0 heterocycles. The molecule has 0 fully saturated rings. The molecule has 0 rings (SSSR count). The number of carbonyl (C=O) groups excluding carboxylic acids is 3. The Kier molecular flexibility index (Phi) is 49.1. The Hall–Kier alpha value is -4.19. The molecule has 0 bridgehead atoms. The zero-order chi connectivity index (χ0) is 47.2. The van der Waals surface area contributed by atoms with Gasteiger partial charge in [-0.3, -0.25) is 14.4 Å². The molecule has 0 aromatic rings. The lowest BCUT2D eigenvalue weighted by atomic mass is 10.1. The second kappa shape index (κ2) is 52.4. The van der Waals surface area contributed by atoms with Gasteiger partial charge < -0.3 is 14.2 Å². The van der Waals surface area contributed by atoms with Crippen molar-refractivity contribution in [3.05, 3.63) is 122 Å². The number of rotatable bonds is 45. The van der Waals surface area contributed by atoms with E-state index in [9.17, 15) is 14.4 Å². The van der Waals surface area contributed by atoms with Crippen LogP contribution in [0.4, 0.5) is 0 Å². The lowest BCUT2D eigenvalue weighted by Gasteiger charge is -2.18. The average molecular weight is 899 g/mol. The number of hydrogen-bond donors (Lipinski definition) is 0. The van der Waals surface area contributed by atoms with Crippen LogP contribution >= 0.6 is 0 Å². The molecule has 0 saturated heterocycles. The third-order valence-electron chi connectivity index (χ3n) is 10.5. The second-order valence-electron chi connectivity index (χ2n) is 16.7. The van der Waals surface area contributed by atoms with Crippen molar-refractivity contribution in [2.75, 3.05) is 13.2 Å². The summed E-state index contributed by atoms with van der Waals surface area (Å²) in [5.41, 5.74) is 0. The summed E-state index contributed by atoms with van der Waals surface area (Å²) in [5.74, 6) is -1.02. The van der Waals surface area contributed by atoms with Crippen LogP contribution in [-0.2, 0) is 28.6 Å². The molecule has 366 valence electrons. The maximum Gasteiger partial charge on any atom is 0.306 e. The first kappa shape index (κ1) is 60.8. The highest BCUT2D eigenvalue weighted by Crippen LogP contribution is 2.13. The summed E-state index contributed by atoms with van der Waals surface area (Å²) in [5, 5.41) is 0. The van der Waals surface area contributed by atoms with Crippen LogP contribution in [0.3, 0.4) is 0 Å². The van der Waals surface area contributed by atoms with Crippen molar-refractivity contribution in [2.24, 2.45) is 0 Å². The van der Waals surface area contributed by atoms with Crippen molar-refractivity contribution in [3.63, 3.8) is 0 Å². The van der Waals surface area contributed by atoms with Gasteiger partial charge in [-0.25, -0.2) is 0 Å². The van der Waals surface area contributed by atoms with Gasteiger partial charge in [0.15, 0.2) is 6.10 Å². The molecule has 0 aliphatic rings. The smallest absolute Gasteiger partial charge is 0.306 e. The predicted octanol–water partition coefficient (Wildman–Crippen LogP) is 17.3. The third kappa shape index (κ3) is 50.7. The minimum absolute atomic E-state index is 0.113. The highest BCUT2D eigenvalue weighted by molar-refractivity contribution is 5.71. The van der Waals surface area contributed by atoms with Crippen molar-refractivity contribution >= 4 is 17.9 Å². The first-order valence-corrected chi connectivity index (χ1v) is 26.0. The first-order chi connectivity index (χ1) is 32.0. The largest absolute Gasteiger partial charge is 0.462 e. The molecule has 0 N–H and O–H groups in total. The number of unbranched alkanes of at least 4 members (excludes halogenated alkanes) is 14. The normalized spacial score (nSPS) is 13.1. The highest BCUT2D eigenvalue weighted by atomic mass is 16.6. The van der Waals surface area contributed by atoms with Crippen LogP contribution in [0, 0.1) is 0 Å². The molecule has 0 aliphatic carbocycles. The molecule has 6 heteroatoms. The fourth-order valence-electron chi connectivity index (χ4n) is 6.63. The van der Waals surface area contributed by atoms with Crippen molar-refractivity contribution in [1.29, 1.82) is 0 Å². The zero-order valence-electron chi connectivity index (χ0n) is 41.7. The van der Waals surface area contributed by atoms with Gasteiger partial charge in [-0.2, -0.15) is 0 Å². The van der Waals surface area contributed by atoms with Gasteiger partial charge in [-0.05, 0) is 96.3 Å². The molecule has 0 aromatic heterocycles. The van der Waals surface area contributed by atoms with E-state index in [-0.39, 0.29) is 31.6 Å². The van der Waals surface area contributed by atoms with Crippen LogP contribution in [0.1, 0.15) is 213 Å². The van der Waals surface area contributed by atoms with E-state index in [1.807, 2.05) is 12.2 Å². The molecule has 1 atom stereocenters. The maximum atomic E-state index is 12.7. The fourth-order valence-corrected chi connectivity index (χ4v) is 6.63. The van der Waals surface area contributed by atoms with Crippen LogP contribution in [0.5, 0.6) is 0 Å². The third-order valence-corrected chi connectivity index (χ3v) is 10.5. The molecule has 0 radical (unpaired) electrons. The monoisotopic (exact) mass is 899 g/mol. The van der Waals surface area contributed by atoms with Crippen LogP contribution in [0.25, 0.3) is 0 Å². The molecule has 0 aliphatic heterocycles. The fraction of sp³-hybridized carbons (Fsp3) is 0.610. The molecule has 1 unspecified atom stereocenters. The molecule has 6 nitrogen and oxygen atoms in total. The Morgan fingerprint density at radius 3 is 1.00 bits per heavy atom. The number of allylic oxidation sites excluding steroid dienone is 20. The van der Waals surface area contributed by atoms with Gasteiger partial charge in [-0.1, -0.05) is 219 Å². The number of esters is 3. The minimum Gasteiger partial charge on any atom is -0.462 e. The highest BCUT2D eigenvalue weighted by Gasteiger charge is 2.19. The Morgan fingerprint density at radius 2 is 0.631 bits per heavy atom. The van der Waals surface area contributed by atoms with Crippen LogP contribution in [0.15, 0.2) is 122 Å². The van der Waals surface area contributed by atoms with E-state index in [1.54, 1.807) is 0 Å². The predicted molar refractivity (Wildman–Crippen MR) is 279 cm³/mol. The average Bonchev–Trinajstić information content (AvgIpc) is 3.30. The summed E-state index contributed by atoms with van der Waals surface area (Å²) in [6.45, 7) is 6.28. The van der Waals surface area contributed by atoms with Crippen molar-refractivity contribution < 1.29 is 28.6 Å². The summed E-state index contributed by atoms with van der Waals surface area (Å²) < 4.78 is 16.7. The Morgan fingerprint density at radius 1 is 0.323 bits per heavy atom. The van der Waals surface area contributed by atoms with E-state index in [0.717, 1.165) is 109 Å². The Labute approximate surface area is 399 Å². The van der Waals surface area contributed by atoms with Gasteiger partial charge >= 0.3 is 17.9 Å². The number of carbonyl (C=O) groups is 3. The van der Waals surface area contributed by atoms with E-state index in [2.05, 4.69) is 130 Å². The molecular weight excluding hydrogens is 805 g/mol. The molecule has 0 spiro atoms. The molecular formula is C59H94O6. The topological polar surface area (TPSA) is 78.9 Å². The SMILES string of the molecule is CC/C=C\C/C=C\C/C=C\C/C=C\C/C=C\C/C=C\CCC(=O)OC(COC(=O)CCCCCCCCC)COC(=O)CCCCCCCCCC/C=C\C/C=C\C/C=C\C/C=C\CC. The van der Waals surface area contributed by atoms with Crippen LogP contribution < -0.4 is 0 Å². The summed E-state index contributed by atoms with van der Waals surface area (Å²) in [7, 11) is 0. The minimum atomic E-state index is -0.822. The van der Waals surface area contributed by atoms with Crippen molar-refractivity contribution in [2.45, 2.75) is 219 Å². The first-order valence-electron chi connectivity index (χ1n) is 26.0. The van der Waals surface area contributed by atoms with E-state index >= 15 is 0 Å². The zero-order valence-corrected chi connectivity index (χ0v) is 41.7. The molecule has 65 heavy (non-hydrogen) atoms. The second-order valence-corrected chi connectivity index (χ2v) is 16.7. The lowest BCUT2D eigenvalue weighted by molar-refractivity contribution is -0.166. The molecule has 0 saturated carbocycles. The lowest BCUT2D eigenvalue weighted by Crippen LogP contribution is -2.30. The summed E-state index contributed by atoms with van der Waals surface area (Å²) in [6, 6.07) is 0. The summed E-state index contributed by atoms with van der Waals surface area (Å²) in [6.07, 6.45) is 72.1. The summed E-state index contributed by atoms with van der Waals surface area (Å²) in [4.78, 5) is 37.8. The molecule has 0 aromatic carbocycles. The van der Waals surface area contributed by atoms with E-state index < -0.39 is 12.1 Å². The maximum absolute atomic E-state index is 12.7. The van der Waals surface area contributed by atoms with E-state index in [1.165, 1.54) is 57.8 Å². The van der Waals surface area contributed by atoms with Crippen LogP contribution in [-0.4, -0.2) is 37.2 Å². The Bertz CT molecular complexity index is 1400. The van der Waals surface area contributed by atoms with Gasteiger partial charge in [-0.15, -0.1) is 0 Å². The quantitative estimate of drug-likeness (QED) is 0.0262. The van der Waals surface area contributed by atoms with Gasteiger partial charge in [0.1, 0.15) is 13.2 Å². The summed E-state index contributed by atoms with van der Waals surface area (Å²) >= 11 is 0. The Balaban J connectivity index is 4.39. The van der Waals surface area contributed by atoms with Crippen molar-refractivity contribution in [3.8, 4) is 0 Å². The van der Waals surface area contributed by atoms with Gasteiger partial charge in [0.2, 0.25) is 0 Å².